The third-order valence-electron chi connectivity index (χ3n) is 23.5. The number of aliphatic hydroxyl groups excluding tert-OH is 1. The van der Waals surface area contributed by atoms with E-state index in [4.69, 9.17) is 24.2 Å². The van der Waals surface area contributed by atoms with E-state index in [9.17, 15) is 48.3 Å². The van der Waals surface area contributed by atoms with Crippen molar-refractivity contribution in [1.29, 1.82) is 0 Å². The molecule has 624 valence electrons. The summed E-state index contributed by atoms with van der Waals surface area (Å²) >= 11 is 0. The summed E-state index contributed by atoms with van der Waals surface area (Å²) in [6.45, 7) is 18.8. The summed E-state index contributed by atoms with van der Waals surface area (Å²) in [5.74, 6) is -4.04. The lowest BCUT2D eigenvalue weighted by molar-refractivity contribution is -0.148. The molecule has 1 saturated heterocycles. The van der Waals surface area contributed by atoms with E-state index in [2.05, 4.69) is 25.9 Å². The second-order valence-electron chi connectivity index (χ2n) is 32.1. The molecule has 6 N–H and O–H groups in total. The summed E-state index contributed by atoms with van der Waals surface area (Å²) in [7, 11) is 7.69. The molecule has 3 aromatic heterocycles. The van der Waals surface area contributed by atoms with E-state index in [0.29, 0.717) is 113 Å². The average molecular weight is 1610 g/mol. The number of ether oxygens (including phenoxy) is 3. The highest BCUT2D eigenvalue weighted by atomic mass is 16.5. The zero-order valence-electron chi connectivity index (χ0n) is 70.8. The number of aliphatic hydroxyl groups is 1. The first-order valence-corrected chi connectivity index (χ1v) is 41.2. The van der Waals surface area contributed by atoms with Crippen LogP contribution in [0.1, 0.15) is 196 Å². The minimum atomic E-state index is -1.000. The molecule has 0 aliphatic carbocycles. The monoisotopic (exact) mass is 1610 g/mol. The number of hydrogen-bond donors (Lipinski definition) is 6. The van der Waals surface area contributed by atoms with Crippen molar-refractivity contribution >= 4 is 99.3 Å². The molecule has 3 aliphatic heterocycles. The molecule has 0 spiro atoms. The summed E-state index contributed by atoms with van der Waals surface area (Å²) in [6, 6.07) is 42.9. The molecule has 6 heterocycles. The third kappa shape index (κ3) is 20.2. The van der Waals surface area contributed by atoms with Gasteiger partial charge in [0.25, 0.3) is 5.91 Å². The first-order valence-electron chi connectivity index (χ1n) is 41.2. The van der Waals surface area contributed by atoms with Gasteiger partial charge < -0.3 is 59.9 Å². The molecule has 0 saturated carbocycles. The second kappa shape index (κ2) is 39.6. The Kier molecular flexibility index (Phi) is 29.3. The number of carbonyl (C=O) groups is 9. The Hall–Kier alpha value is -11.8. The number of ketones is 2. The first-order chi connectivity index (χ1) is 57.0. The van der Waals surface area contributed by atoms with Crippen LogP contribution < -0.4 is 16.0 Å². The number of aromatic amines is 2. The maximum absolute atomic E-state index is 15.0. The fourth-order valence-corrected chi connectivity index (χ4v) is 16.6. The van der Waals surface area contributed by atoms with Gasteiger partial charge in [0.1, 0.15) is 12.1 Å². The van der Waals surface area contributed by atoms with Crippen molar-refractivity contribution in [2.75, 3.05) is 48.5 Å². The Labute approximate surface area is 696 Å². The summed E-state index contributed by atoms with van der Waals surface area (Å²) in [5, 5.41) is 20.1. The van der Waals surface area contributed by atoms with Crippen molar-refractivity contribution in [2.45, 2.75) is 169 Å². The normalized spacial score (nSPS) is 15.4. The zero-order valence-corrected chi connectivity index (χ0v) is 70.8. The van der Waals surface area contributed by atoms with E-state index in [1.165, 1.54) is 40.1 Å². The molecule has 1 fully saturated rings. The molecule has 1 unspecified atom stereocenters. The molecule has 5 aromatic carbocycles. The number of rotatable bonds is 34. The smallest absolute Gasteiger partial charge is 0.337 e. The number of nitrogens with zero attached hydrogens (tertiary/aromatic N) is 5. The number of esters is 1. The van der Waals surface area contributed by atoms with Crippen LogP contribution in [0.15, 0.2) is 152 Å². The fourth-order valence-electron chi connectivity index (χ4n) is 16.6. The number of aromatic nitrogens is 4. The predicted octanol–water partition coefficient (Wildman–Crippen LogP) is 15.6. The van der Waals surface area contributed by atoms with E-state index in [0.717, 1.165) is 55.5 Å². The maximum atomic E-state index is 15.0. The second-order valence-corrected chi connectivity index (χ2v) is 32.1. The number of H-pyrrole nitrogens is 2. The average Bonchev–Trinajstić information content (AvgIpc) is 1.61. The van der Waals surface area contributed by atoms with Gasteiger partial charge in [-0.05, 0) is 165 Å². The largest absolute Gasteiger partial charge is 0.465 e. The molecule has 23 heteroatoms. The zero-order chi connectivity index (χ0) is 85.6. The Bertz CT molecular complexity index is 5260. The molecule has 3 aliphatic rings. The third-order valence-corrected chi connectivity index (χ3v) is 23.5. The van der Waals surface area contributed by atoms with Crippen LogP contribution in [-0.4, -0.2) is 184 Å². The molecule has 6 amide bonds. The number of nitrogens with one attached hydrogen (secondary N) is 5. The van der Waals surface area contributed by atoms with Gasteiger partial charge in [0.15, 0.2) is 11.6 Å². The molecule has 23 nitrogen and oxygen atoms in total. The van der Waals surface area contributed by atoms with Crippen LogP contribution in [0.5, 0.6) is 0 Å². The summed E-state index contributed by atoms with van der Waals surface area (Å²) in [6.07, 6.45) is 9.17. The van der Waals surface area contributed by atoms with Crippen LogP contribution in [0.2, 0.25) is 0 Å². The van der Waals surface area contributed by atoms with Crippen LogP contribution in [0.25, 0.3) is 90.9 Å². The van der Waals surface area contributed by atoms with E-state index in [1.807, 2.05) is 157 Å². The van der Waals surface area contributed by atoms with Crippen LogP contribution >= 0.6 is 0 Å². The van der Waals surface area contributed by atoms with E-state index < -0.39 is 66.3 Å². The highest BCUT2D eigenvalue weighted by Gasteiger charge is 2.44. The minimum Gasteiger partial charge on any atom is -0.465 e. The lowest BCUT2D eigenvalue weighted by Crippen LogP contribution is -2.60. The number of Topliss-reactive ketones (excluding diaryl/α,β-unsaturated/α-hetero) is 2. The van der Waals surface area contributed by atoms with Crippen molar-refractivity contribution in [1.82, 2.24) is 50.6 Å². The van der Waals surface area contributed by atoms with Gasteiger partial charge in [-0.3, -0.25) is 38.4 Å². The molecule has 0 radical (unpaired) electrons. The quantitative estimate of drug-likeness (QED) is 0.0124. The van der Waals surface area contributed by atoms with Crippen LogP contribution in [-0.2, 0) is 38.2 Å². The number of amides is 6. The lowest BCUT2D eigenvalue weighted by atomic mass is 9.89. The van der Waals surface area contributed by atoms with Crippen molar-refractivity contribution in [3.8, 4) is 44.5 Å². The molecular weight excluding hydrogens is 1500 g/mol. The van der Waals surface area contributed by atoms with Gasteiger partial charge in [0.05, 0.1) is 84.2 Å². The maximum Gasteiger partial charge on any atom is 0.337 e. The van der Waals surface area contributed by atoms with Crippen molar-refractivity contribution in [2.24, 2.45) is 23.7 Å². The SMILES string of the molecule is CC[C@H](C)[C@@H]([C@@H](CC(=O)N1CCCC1[C@H](OC)[C@@H](C)C(=O)N[C@H](C)[C@@H](O)c1ccccc1)OC)N(C)C(=O)[C@@H](NC(=O)[C@H](C(C)C)N(C)C(=O)CCCCCNC(=O)c1ccc(-c2c3nc(c(-c4ccc(C(C)=O)cc4)c4ccc([nH]4)c(-c4ccc(C(C)=O)cc4)c4nc(c(-c5ccc(C(=O)OC)cc5)c5ccc2[nH]5)C=C4)C=C3)cc1)C(C)C. The first kappa shape index (κ1) is 88.0. The van der Waals surface area contributed by atoms with Crippen molar-refractivity contribution in [3.63, 3.8) is 0 Å². The molecular formula is C96H112N10O13. The lowest BCUT2D eigenvalue weighted by Gasteiger charge is -2.41. The van der Waals surface area contributed by atoms with Crippen LogP contribution in [0.3, 0.4) is 0 Å². The Morgan fingerprint density at radius 1 is 0.555 bits per heavy atom. The number of methoxy groups -OCH3 is 3. The van der Waals surface area contributed by atoms with Gasteiger partial charge in [0.2, 0.25) is 29.5 Å². The van der Waals surface area contributed by atoms with Gasteiger partial charge in [-0.1, -0.05) is 164 Å². The van der Waals surface area contributed by atoms with Gasteiger partial charge in [-0.15, -0.1) is 0 Å². The topological polar surface area (TPSA) is 305 Å². The van der Waals surface area contributed by atoms with E-state index in [1.54, 1.807) is 98.4 Å². The molecule has 8 bridgehead atoms. The minimum absolute atomic E-state index is 0.0609. The summed E-state index contributed by atoms with van der Waals surface area (Å²) in [5.41, 5.74) is 14.1. The van der Waals surface area contributed by atoms with Crippen molar-refractivity contribution < 1.29 is 62.5 Å². The number of likely N-dealkylation sites (N-methyl/N-ethyl adjacent to an activating group) is 2. The van der Waals surface area contributed by atoms with Gasteiger partial charge >= 0.3 is 5.97 Å². The molecule has 119 heavy (non-hydrogen) atoms. The fraction of sp³-hybridized carbons (Fsp3) is 0.385. The van der Waals surface area contributed by atoms with E-state index in [-0.39, 0.29) is 71.7 Å². The predicted molar refractivity (Wildman–Crippen MR) is 466 cm³/mol. The molecule has 11 rings (SSSR count). The number of carbonyl (C=O) groups excluding carboxylic acids is 9. The standard InChI is InChI=1S/C96H112N10O13/c1-16-57(6)89(80(117-13)54-82(110)106-53-23-26-79(106)91(118-14)58(7)92(112)98-59(8)90(111)68-24-19-17-20-25-68)105(12)95(115)87(55(2)3)103-94(114)88(56(4)5)104(11)81(109)27-21-18-22-52-97-93(113)69-40-36-66(37-41-69)85-75-48-46-73(100-75)83(64-32-28-62(29-33-64)60(9)107)71-44-45-72(99-71)84(65-34-30-63(31-35-65)61(10)108)74-47-50-77(101-74)86(78-51-49-76(85)102-78)67-38-42-70(43-39-67)96(116)119-15/h17,19-20,24-25,28-51,55-59,79-80,87-91,99,102,111H,16,18,21-23,26-27,52-54H2,1-15H3,(H,97,113)(H,98,112)(H,103,114)/t57-,58+,59+,79?,80+,87-,88-,89-,90+,91+/m0/s1. The van der Waals surface area contributed by atoms with Crippen LogP contribution in [0, 0.1) is 23.7 Å². The number of unbranched alkanes of at least 4 members (excludes halogenated alkanes) is 2. The number of hydrogen-bond acceptors (Lipinski definition) is 15. The van der Waals surface area contributed by atoms with Crippen molar-refractivity contribution in [3.05, 3.63) is 202 Å². The highest BCUT2D eigenvalue weighted by molar-refractivity contribution is 6.03. The Morgan fingerprint density at radius 3 is 1.45 bits per heavy atom. The number of fused-ring (bicyclic) bond motifs is 8. The molecule has 10 atom stereocenters. The Morgan fingerprint density at radius 2 is 1.03 bits per heavy atom. The number of likely N-dealkylation sites (tertiary alicyclic amines) is 1. The summed E-state index contributed by atoms with van der Waals surface area (Å²) in [4.78, 5) is 147. The van der Waals surface area contributed by atoms with E-state index >= 15 is 0 Å². The summed E-state index contributed by atoms with van der Waals surface area (Å²) < 4.78 is 17.2. The van der Waals surface area contributed by atoms with Gasteiger partial charge in [-0.25, -0.2) is 14.8 Å². The number of benzene rings is 5. The molecule has 8 aromatic rings. The van der Waals surface area contributed by atoms with Gasteiger partial charge in [-0.2, -0.15) is 0 Å². The van der Waals surface area contributed by atoms with Crippen LogP contribution in [0.4, 0.5) is 0 Å². The Balaban J connectivity index is 0.763. The highest BCUT2D eigenvalue weighted by Crippen LogP contribution is 2.40. The van der Waals surface area contributed by atoms with Gasteiger partial charge in [0, 0.05) is 109 Å².